The van der Waals surface area contributed by atoms with Gasteiger partial charge in [-0.25, -0.2) is 0 Å². The van der Waals surface area contributed by atoms with Crippen LogP contribution in [-0.4, -0.2) is 27.8 Å². The Morgan fingerprint density at radius 3 is 2.74 bits per heavy atom. The first-order chi connectivity index (χ1) is 12.8. The van der Waals surface area contributed by atoms with Gasteiger partial charge in [0.25, 0.3) is 5.91 Å². The zero-order chi connectivity index (χ0) is 19.6. The molecule has 3 aromatic rings. The van der Waals surface area contributed by atoms with Gasteiger partial charge in [0.2, 0.25) is 0 Å². The average Bonchev–Trinajstić information content (AvgIpc) is 3.27. The molecule has 3 rings (SSSR count). The maximum atomic E-state index is 12.9. The van der Waals surface area contributed by atoms with Gasteiger partial charge in [0.15, 0.2) is 0 Å². The van der Waals surface area contributed by atoms with Crippen LogP contribution in [0.1, 0.15) is 27.5 Å². The van der Waals surface area contributed by atoms with Crippen molar-refractivity contribution < 1.29 is 23.1 Å². The molecule has 0 saturated heterocycles. The largest absolute Gasteiger partial charge is 0.416 e. The van der Waals surface area contributed by atoms with Crippen LogP contribution in [-0.2, 0) is 6.18 Å². The maximum Gasteiger partial charge on any atom is 0.416 e. The van der Waals surface area contributed by atoms with Crippen molar-refractivity contribution in [3.8, 4) is 10.6 Å². The number of hydrogen-bond donors (Lipinski definition) is 3. The van der Waals surface area contributed by atoms with E-state index in [0.29, 0.717) is 14.9 Å². The Balaban J connectivity index is 1.84. The Hall–Kier alpha value is -2.36. The Morgan fingerprint density at radius 1 is 1.33 bits per heavy atom. The summed E-state index contributed by atoms with van der Waals surface area (Å²) >= 11 is 7.15. The third kappa shape index (κ3) is 4.32. The summed E-state index contributed by atoms with van der Waals surface area (Å²) in [7, 11) is 0. The molecule has 1 amide bonds. The third-order valence-electron chi connectivity index (χ3n) is 3.81. The predicted octanol–water partition coefficient (Wildman–Crippen LogP) is 4.27. The molecule has 3 N–H and O–H groups in total. The minimum absolute atomic E-state index is 0.143. The van der Waals surface area contributed by atoms with Crippen LogP contribution in [0.2, 0.25) is 4.34 Å². The van der Waals surface area contributed by atoms with Gasteiger partial charge in [0.1, 0.15) is 0 Å². The summed E-state index contributed by atoms with van der Waals surface area (Å²) in [6.45, 7) is -0.564. The summed E-state index contributed by atoms with van der Waals surface area (Å²) in [4.78, 5) is 13.3. The summed E-state index contributed by atoms with van der Waals surface area (Å²) in [5, 5.41) is 18.7. The molecule has 1 unspecified atom stereocenters. The first-order valence-electron chi connectivity index (χ1n) is 7.67. The molecule has 10 heteroatoms. The molecular formula is C17H13ClF3N3O2S. The first-order valence-corrected chi connectivity index (χ1v) is 8.87. The van der Waals surface area contributed by atoms with Gasteiger partial charge < -0.3 is 10.4 Å². The highest BCUT2D eigenvalue weighted by Crippen LogP contribution is 2.33. The number of benzene rings is 1. The standard InChI is InChI=1S/C17H13ClF3N3O2S/c18-14-5-4-13(27-14)15-11(7-22-24-15)16(26)23-12(8-25)9-2-1-3-10(6-9)17(19,20)21/h1-7,12,25H,8H2,(H,22,24)(H,23,26). The van der Waals surface area contributed by atoms with Crippen molar-refractivity contribution in [2.45, 2.75) is 12.2 Å². The van der Waals surface area contributed by atoms with Crippen LogP contribution in [0.4, 0.5) is 13.2 Å². The van der Waals surface area contributed by atoms with Gasteiger partial charge >= 0.3 is 6.18 Å². The molecule has 0 aliphatic heterocycles. The number of aromatic nitrogens is 2. The van der Waals surface area contributed by atoms with Crippen molar-refractivity contribution in [3.63, 3.8) is 0 Å². The number of aliphatic hydroxyl groups excluding tert-OH is 1. The van der Waals surface area contributed by atoms with Crippen molar-refractivity contribution >= 4 is 28.8 Å². The third-order valence-corrected chi connectivity index (χ3v) is 5.06. The fourth-order valence-electron chi connectivity index (χ4n) is 2.50. The highest BCUT2D eigenvalue weighted by atomic mass is 35.5. The molecule has 0 bridgehead atoms. The van der Waals surface area contributed by atoms with Crippen molar-refractivity contribution in [2.24, 2.45) is 0 Å². The normalized spacial score (nSPS) is 12.8. The van der Waals surface area contributed by atoms with Gasteiger partial charge in [-0.1, -0.05) is 23.7 Å². The first kappa shape index (κ1) is 19.4. The number of hydrogen-bond acceptors (Lipinski definition) is 4. The van der Waals surface area contributed by atoms with Crippen molar-refractivity contribution in [1.82, 2.24) is 15.5 Å². The fraction of sp³-hybridized carbons (Fsp3) is 0.176. The number of halogens is 4. The number of carbonyl (C=O) groups is 1. The number of alkyl halides is 3. The minimum atomic E-state index is -4.52. The lowest BCUT2D eigenvalue weighted by atomic mass is 10.0. The number of carbonyl (C=O) groups excluding carboxylic acids is 1. The fourth-order valence-corrected chi connectivity index (χ4v) is 3.55. The molecule has 0 aliphatic rings. The molecule has 27 heavy (non-hydrogen) atoms. The summed E-state index contributed by atoms with van der Waals surface area (Å²) < 4.78 is 39.2. The quantitative estimate of drug-likeness (QED) is 0.582. The molecule has 1 aromatic carbocycles. The topological polar surface area (TPSA) is 78.0 Å². The molecule has 2 heterocycles. The van der Waals surface area contributed by atoms with Crippen molar-refractivity contribution in [2.75, 3.05) is 6.61 Å². The number of aromatic amines is 1. The van der Waals surface area contributed by atoms with Crippen LogP contribution in [0.5, 0.6) is 0 Å². The Morgan fingerprint density at radius 2 is 2.11 bits per heavy atom. The Bertz CT molecular complexity index is 955. The van der Waals surface area contributed by atoms with Crippen LogP contribution in [0.25, 0.3) is 10.6 Å². The van der Waals surface area contributed by atoms with E-state index >= 15 is 0 Å². The van der Waals surface area contributed by atoms with Gasteiger partial charge in [-0.3, -0.25) is 9.89 Å². The molecule has 5 nitrogen and oxygen atoms in total. The minimum Gasteiger partial charge on any atom is -0.394 e. The van der Waals surface area contributed by atoms with Gasteiger partial charge in [-0.15, -0.1) is 11.3 Å². The van der Waals surface area contributed by atoms with Crippen LogP contribution in [0.15, 0.2) is 42.6 Å². The lowest BCUT2D eigenvalue weighted by Gasteiger charge is -2.18. The van der Waals surface area contributed by atoms with Crippen LogP contribution < -0.4 is 5.32 Å². The molecule has 0 spiro atoms. The molecule has 0 saturated carbocycles. The van der Waals surface area contributed by atoms with Gasteiger partial charge in [0.05, 0.1) is 44.9 Å². The highest BCUT2D eigenvalue weighted by Gasteiger charge is 2.31. The highest BCUT2D eigenvalue weighted by molar-refractivity contribution is 7.19. The van der Waals surface area contributed by atoms with E-state index in [2.05, 4.69) is 15.5 Å². The Kier molecular flexibility index (Phi) is 5.54. The van der Waals surface area contributed by atoms with E-state index in [9.17, 15) is 23.1 Å². The summed E-state index contributed by atoms with van der Waals surface area (Å²) in [6.07, 6.45) is -3.21. The number of rotatable bonds is 5. The molecule has 2 aromatic heterocycles. The maximum absolute atomic E-state index is 12.9. The molecular weight excluding hydrogens is 403 g/mol. The smallest absolute Gasteiger partial charge is 0.394 e. The van der Waals surface area contributed by atoms with Crippen LogP contribution in [0.3, 0.4) is 0 Å². The number of thiophene rings is 1. The van der Waals surface area contributed by atoms with Crippen molar-refractivity contribution in [3.05, 3.63) is 63.6 Å². The van der Waals surface area contributed by atoms with E-state index in [4.69, 9.17) is 11.6 Å². The van der Waals surface area contributed by atoms with Gasteiger partial charge in [-0.2, -0.15) is 18.3 Å². The molecule has 0 fully saturated rings. The van der Waals surface area contributed by atoms with Crippen molar-refractivity contribution in [1.29, 1.82) is 0 Å². The van der Waals surface area contributed by atoms with Gasteiger partial charge in [-0.05, 0) is 29.8 Å². The monoisotopic (exact) mass is 415 g/mol. The average molecular weight is 416 g/mol. The van der Waals surface area contributed by atoms with Crippen LogP contribution >= 0.6 is 22.9 Å². The zero-order valence-corrected chi connectivity index (χ0v) is 15.1. The SMILES string of the molecule is O=C(NC(CO)c1cccc(C(F)(F)F)c1)c1cn[nH]c1-c1ccc(Cl)s1. The van der Waals surface area contributed by atoms with E-state index in [1.54, 1.807) is 12.1 Å². The molecule has 1 atom stereocenters. The number of nitrogens with zero attached hydrogens (tertiary/aromatic N) is 1. The second kappa shape index (κ2) is 7.71. The van der Waals surface area contributed by atoms with E-state index in [1.165, 1.54) is 29.7 Å². The number of H-pyrrole nitrogens is 1. The molecule has 142 valence electrons. The lowest BCUT2D eigenvalue weighted by molar-refractivity contribution is -0.137. The van der Waals surface area contributed by atoms with E-state index in [1.807, 2.05) is 0 Å². The number of aliphatic hydroxyl groups is 1. The lowest BCUT2D eigenvalue weighted by Crippen LogP contribution is -2.31. The summed E-state index contributed by atoms with van der Waals surface area (Å²) in [6, 6.07) is 6.84. The number of amides is 1. The second-order valence-electron chi connectivity index (χ2n) is 5.59. The predicted molar refractivity (Wildman–Crippen MR) is 95.6 cm³/mol. The molecule has 0 radical (unpaired) electrons. The Labute approximate surface area is 160 Å². The zero-order valence-electron chi connectivity index (χ0n) is 13.5. The van der Waals surface area contributed by atoms with E-state index in [-0.39, 0.29) is 11.1 Å². The summed E-state index contributed by atoms with van der Waals surface area (Å²) in [5.74, 6) is -0.584. The number of nitrogens with one attached hydrogen (secondary N) is 2. The van der Waals surface area contributed by atoms with Gasteiger partial charge in [0, 0.05) is 0 Å². The van der Waals surface area contributed by atoms with E-state index in [0.717, 1.165) is 12.1 Å². The molecule has 0 aliphatic carbocycles. The second-order valence-corrected chi connectivity index (χ2v) is 7.31. The summed E-state index contributed by atoms with van der Waals surface area (Å²) in [5.41, 5.74) is -0.0844. The van der Waals surface area contributed by atoms with Crippen LogP contribution in [0, 0.1) is 0 Å². The van der Waals surface area contributed by atoms with E-state index < -0.39 is 30.3 Å².